The molecule has 1 aromatic rings. The molecule has 0 N–H and O–H groups in total. The van der Waals surface area contributed by atoms with E-state index in [4.69, 9.17) is 9.47 Å². The number of esters is 1. The topological polar surface area (TPSA) is 47.9 Å². The Balaban J connectivity index is 1.69. The molecule has 4 unspecified atom stereocenters. The SMILES string of the molecule is COc1ccc(C2=NC3C4C=CC(C4)C3C(=O)O2)cc1. The highest BCUT2D eigenvalue weighted by molar-refractivity contribution is 6.03. The molecule has 4 rings (SSSR count). The summed E-state index contributed by atoms with van der Waals surface area (Å²) in [6.45, 7) is 0. The number of carbonyl (C=O) groups is 1. The third kappa shape index (κ3) is 1.60. The van der Waals surface area contributed by atoms with Crippen molar-refractivity contribution >= 4 is 11.9 Å². The zero-order valence-electron chi connectivity index (χ0n) is 11.2. The van der Waals surface area contributed by atoms with E-state index in [0.29, 0.717) is 17.7 Å². The zero-order valence-corrected chi connectivity index (χ0v) is 11.2. The molecule has 2 bridgehead atoms. The second-order valence-electron chi connectivity index (χ2n) is 5.55. The molecule has 0 aromatic heterocycles. The first kappa shape index (κ1) is 11.7. The highest BCUT2D eigenvalue weighted by atomic mass is 16.5. The summed E-state index contributed by atoms with van der Waals surface area (Å²) in [6, 6.07) is 7.49. The number of aliphatic imine (C=N–C) groups is 1. The Morgan fingerprint density at radius 3 is 2.70 bits per heavy atom. The van der Waals surface area contributed by atoms with Crippen molar-refractivity contribution < 1.29 is 14.3 Å². The molecule has 0 amide bonds. The van der Waals surface area contributed by atoms with E-state index >= 15 is 0 Å². The number of ether oxygens (including phenoxy) is 2. The normalized spacial score (nSPS) is 33.6. The number of hydrogen-bond donors (Lipinski definition) is 0. The molecule has 1 heterocycles. The Morgan fingerprint density at radius 1 is 1.20 bits per heavy atom. The molecule has 102 valence electrons. The minimum Gasteiger partial charge on any atom is -0.497 e. The van der Waals surface area contributed by atoms with Gasteiger partial charge in [-0.05, 0) is 36.6 Å². The van der Waals surface area contributed by atoms with Gasteiger partial charge in [0.1, 0.15) is 5.75 Å². The van der Waals surface area contributed by atoms with Crippen LogP contribution in [0.4, 0.5) is 0 Å². The van der Waals surface area contributed by atoms with Crippen molar-refractivity contribution in [2.24, 2.45) is 22.7 Å². The Hall–Kier alpha value is -2.10. The van der Waals surface area contributed by atoms with Crippen LogP contribution in [0.1, 0.15) is 12.0 Å². The second kappa shape index (κ2) is 4.20. The van der Waals surface area contributed by atoms with Gasteiger partial charge in [0.05, 0.1) is 19.1 Å². The maximum atomic E-state index is 12.2. The zero-order chi connectivity index (χ0) is 13.7. The Labute approximate surface area is 117 Å². The molecule has 0 radical (unpaired) electrons. The van der Waals surface area contributed by atoms with Crippen LogP contribution in [-0.2, 0) is 9.53 Å². The van der Waals surface area contributed by atoms with E-state index in [2.05, 4.69) is 17.1 Å². The summed E-state index contributed by atoms with van der Waals surface area (Å²) in [5, 5.41) is 0. The fourth-order valence-electron chi connectivity index (χ4n) is 3.48. The highest BCUT2D eigenvalue weighted by Crippen LogP contribution is 2.47. The molecule has 0 spiro atoms. The first-order chi connectivity index (χ1) is 9.76. The van der Waals surface area contributed by atoms with Gasteiger partial charge in [0, 0.05) is 11.5 Å². The summed E-state index contributed by atoms with van der Waals surface area (Å²) >= 11 is 0. The lowest BCUT2D eigenvalue weighted by Crippen LogP contribution is -2.38. The molecule has 20 heavy (non-hydrogen) atoms. The summed E-state index contributed by atoms with van der Waals surface area (Å²) in [6.07, 6.45) is 5.37. The largest absolute Gasteiger partial charge is 0.497 e. The number of hydrogen-bond acceptors (Lipinski definition) is 4. The molecule has 1 aromatic carbocycles. The van der Waals surface area contributed by atoms with Crippen LogP contribution in [0.2, 0.25) is 0 Å². The van der Waals surface area contributed by atoms with Crippen molar-refractivity contribution in [3.8, 4) is 5.75 Å². The van der Waals surface area contributed by atoms with Crippen LogP contribution in [0.25, 0.3) is 0 Å². The van der Waals surface area contributed by atoms with Gasteiger partial charge in [-0.1, -0.05) is 12.2 Å². The maximum absolute atomic E-state index is 12.2. The first-order valence-corrected chi connectivity index (χ1v) is 6.88. The van der Waals surface area contributed by atoms with Gasteiger partial charge in [-0.25, -0.2) is 4.99 Å². The molecule has 4 atom stereocenters. The van der Waals surface area contributed by atoms with E-state index in [0.717, 1.165) is 17.7 Å². The van der Waals surface area contributed by atoms with Crippen LogP contribution < -0.4 is 4.74 Å². The standard InChI is InChI=1S/C16H15NO3/c1-19-12-6-4-9(5-7-12)15-17-14-11-3-2-10(8-11)13(14)16(18)20-15/h2-7,10-11,13-14H,8H2,1H3. The minimum atomic E-state index is -0.132. The monoisotopic (exact) mass is 269 g/mol. The van der Waals surface area contributed by atoms with Crippen molar-refractivity contribution in [1.29, 1.82) is 0 Å². The summed E-state index contributed by atoms with van der Waals surface area (Å²) in [5.41, 5.74) is 0.823. The van der Waals surface area contributed by atoms with Crippen LogP contribution in [0, 0.1) is 17.8 Å². The molecule has 1 aliphatic heterocycles. The number of fused-ring (bicyclic) bond motifs is 5. The van der Waals surface area contributed by atoms with Gasteiger partial charge in [0.2, 0.25) is 5.90 Å². The van der Waals surface area contributed by atoms with Crippen LogP contribution in [0.3, 0.4) is 0 Å². The molecule has 2 aliphatic carbocycles. The number of allylic oxidation sites excluding steroid dienone is 1. The second-order valence-corrected chi connectivity index (χ2v) is 5.55. The Morgan fingerprint density at radius 2 is 1.95 bits per heavy atom. The van der Waals surface area contributed by atoms with Crippen molar-refractivity contribution in [2.75, 3.05) is 7.11 Å². The smallest absolute Gasteiger partial charge is 0.318 e. The van der Waals surface area contributed by atoms with Gasteiger partial charge in [-0.2, -0.15) is 0 Å². The van der Waals surface area contributed by atoms with E-state index in [1.807, 2.05) is 24.3 Å². The predicted molar refractivity (Wildman–Crippen MR) is 73.6 cm³/mol. The van der Waals surface area contributed by atoms with E-state index in [-0.39, 0.29) is 17.9 Å². The lowest BCUT2D eigenvalue weighted by atomic mass is 9.88. The number of benzene rings is 1. The van der Waals surface area contributed by atoms with Gasteiger partial charge in [-0.15, -0.1) is 0 Å². The van der Waals surface area contributed by atoms with E-state index in [1.165, 1.54) is 0 Å². The summed E-state index contributed by atoms with van der Waals surface area (Å²) in [5.74, 6) is 1.72. The number of methoxy groups -OCH3 is 1. The molecular formula is C16H15NO3. The molecule has 0 saturated heterocycles. The van der Waals surface area contributed by atoms with Crippen LogP contribution in [0.5, 0.6) is 5.75 Å². The number of carbonyl (C=O) groups excluding carboxylic acids is 1. The molecule has 1 fully saturated rings. The molecule has 3 aliphatic rings. The van der Waals surface area contributed by atoms with Gasteiger partial charge in [0.25, 0.3) is 0 Å². The fourth-order valence-corrected chi connectivity index (χ4v) is 3.48. The van der Waals surface area contributed by atoms with Gasteiger partial charge in [-0.3, -0.25) is 4.79 Å². The maximum Gasteiger partial charge on any atom is 0.318 e. The Kier molecular flexibility index (Phi) is 2.46. The van der Waals surface area contributed by atoms with E-state index in [1.54, 1.807) is 7.11 Å². The fraction of sp³-hybridized carbons (Fsp3) is 0.375. The van der Waals surface area contributed by atoms with Gasteiger partial charge < -0.3 is 9.47 Å². The summed E-state index contributed by atoms with van der Waals surface area (Å²) in [7, 11) is 1.62. The summed E-state index contributed by atoms with van der Waals surface area (Å²) in [4.78, 5) is 16.9. The van der Waals surface area contributed by atoms with Crippen molar-refractivity contribution in [3.63, 3.8) is 0 Å². The van der Waals surface area contributed by atoms with Crippen LogP contribution in [0.15, 0.2) is 41.4 Å². The number of rotatable bonds is 2. The first-order valence-electron chi connectivity index (χ1n) is 6.88. The van der Waals surface area contributed by atoms with Crippen LogP contribution in [-0.4, -0.2) is 25.0 Å². The summed E-state index contributed by atoms with van der Waals surface area (Å²) < 4.78 is 10.6. The Bertz CT molecular complexity index is 617. The van der Waals surface area contributed by atoms with E-state index in [9.17, 15) is 4.79 Å². The van der Waals surface area contributed by atoms with Gasteiger partial charge in [0.15, 0.2) is 0 Å². The van der Waals surface area contributed by atoms with Crippen molar-refractivity contribution in [2.45, 2.75) is 12.5 Å². The quantitative estimate of drug-likeness (QED) is 0.611. The lowest BCUT2D eigenvalue weighted by molar-refractivity contribution is -0.142. The molecule has 4 nitrogen and oxygen atoms in total. The third-order valence-corrected chi connectivity index (χ3v) is 4.49. The van der Waals surface area contributed by atoms with Crippen molar-refractivity contribution in [3.05, 3.63) is 42.0 Å². The lowest BCUT2D eigenvalue weighted by Gasteiger charge is -2.28. The van der Waals surface area contributed by atoms with Crippen molar-refractivity contribution in [1.82, 2.24) is 0 Å². The molecule has 1 saturated carbocycles. The van der Waals surface area contributed by atoms with Crippen LogP contribution >= 0.6 is 0 Å². The highest BCUT2D eigenvalue weighted by Gasteiger charge is 2.51. The molecule has 4 heteroatoms. The molecular weight excluding hydrogens is 254 g/mol. The average Bonchev–Trinajstić information content (AvgIpc) is 3.09. The number of nitrogens with zero attached hydrogens (tertiary/aromatic N) is 1. The minimum absolute atomic E-state index is 0.0587. The van der Waals surface area contributed by atoms with Gasteiger partial charge >= 0.3 is 5.97 Å². The average molecular weight is 269 g/mol. The van der Waals surface area contributed by atoms with E-state index < -0.39 is 0 Å². The number of cyclic esters (lactones) is 1. The predicted octanol–water partition coefficient (Wildman–Crippen LogP) is 2.19. The third-order valence-electron chi connectivity index (χ3n) is 4.49.